The Morgan fingerprint density at radius 1 is 0.947 bits per heavy atom. The van der Waals surface area contributed by atoms with Gasteiger partial charge in [-0.1, -0.05) is 59.2 Å². The Balaban J connectivity index is 1.48. The number of halogens is 3. The van der Waals surface area contributed by atoms with Gasteiger partial charge in [-0.15, -0.1) is 0 Å². The highest BCUT2D eigenvalue weighted by Gasteiger charge is 2.31. The van der Waals surface area contributed by atoms with E-state index >= 15 is 0 Å². The summed E-state index contributed by atoms with van der Waals surface area (Å²) in [6.45, 7) is 0.486. The van der Waals surface area contributed by atoms with Gasteiger partial charge in [0.1, 0.15) is 5.82 Å². The van der Waals surface area contributed by atoms with Crippen LogP contribution in [0.3, 0.4) is 0 Å². The Morgan fingerprint density at radius 3 is 2.47 bits per heavy atom. The summed E-state index contributed by atoms with van der Waals surface area (Å²) in [7, 11) is -3.92. The van der Waals surface area contributed by atoms with Crippen molar-refractivity contribution in [2.45, 2.75) is 27.7 Å². The number of hydrogen-bond donors (Lipinski definition) is 1. The van der Waals surface area contributed by atoms with Crippen LogP contribution in [0, 0.1) is 5.82 Å². The molecule has 10 heteroatoms. The minimum absolute atomic E-state index is 0.0114. The number of benzene rings is 4. The molecule has 1 amide bonds. The Kier molecular flexibility index (Phi) is 7.68. The fourth-order valence-electron chi connectivity index (χ4n) is 4.18. The molecule has 38 heavy (non-hydrogen) atoms. The van der Waals surface area contributed by atoms with Crippen molar-refractivity contribution >= 4 is 56.6 Å². The Labute approximate surface area is 234 Å². The highest BCUT2D eigenvalue weighted by molar-refractivity contribution is 7.99. The SMILES string of the molecule is O=C(NCc1ccc(Cl)c(Cl)c1)c1cc(S(=O)(=O)N2CCc3ccccc32)ccc1Sc1ccc(F)cc1. The maximum Gasteiger partial charge on any atom is 0.264 e. The van der Waals surface area contributed by atoms with Gasteiger partial charge in [-0.3, -0.25) is 9.10 Å². The van der Waals surface area contributed by atoms with E-state index in [0.717, 1.165) is 11.1 Å². The first kappa shape index (κ1) is 26.6. The van der Waals surface area contributed by atoms with Crippen LogP contribution in [0.1, 0.15) is 21.5 Å². The molecule has 0 aromatic heterocycles. The highest BCUT2D eigenvalue weighted by Crippen LogP contribution is 2.36. The van der Waals surface area contributed by atoms with E-state index in [9.17, 15) is 17.6 Å². The van der Waals surface area contributed by atoms with Crippen LogP contribution in [0.15, 0.2) is 99.6 Å². The molecule has 0 saturated heterocycles. The molecular weight excluding hydrogens is 566 g/mol. The third-order valence-electron chi connectivity index (χ3n) is 6.11. The Bertz CT molecular complexity index is 1630. The van der Waals surface area contributed by atoms with E-state index in [1.54, 1.807) is 48.5 Å². The van der Waals surface area contributed by atoms with Crippen molar-refractivity contribution < 1.29 is 17.6 Å². The smallest absolute Gasteiger partial charge is 0.264 e. The predicted octanol–water partition coefficient (Wildman–Crippen LogP) is 6.97. The number of nitrogens with one attached hydrogen (secondary N) is 1. The normalized spacial score (nSPS) is 12.9. The number of carbonyl (C=O) groups excluding carboxylic acids is 1. The minimum Gasteiger partial charge on any atom is -0.348 e. The minimum atomic E-state index is -3.92. The lowest BCUT2D eigenvalue weighted by Crippen LogP contribution is -2.30. The van der Waals surface area contributed by atoms with Crippen molar-refractivity contribution in [3.05, 3.63) is 117 Å². The van der Waals surface area contributed by atoms with Gasteiger partial charge in [0.05, 0.1) is 26.2 Å². The van der Waals surface area contributed by atoms with E-state index in [0.29, 0.717) is 38.5 Å². The Hall–Kier alpha value is -3.04. The standard InChI is InChI=1S/C28H21Cl2FN2O3S2/c29-24-11-5-18(15-25(24)30)17-32-28(34)23-16-22(10-12-27(23)37-21-8-6-20(31)7-9-21)38(35,36)33-14-13-19-3-1-2-4-26(19)33/h1-12,15-16H,13-14,17H2,(H,32,34). The van der Waals surface area contributed by atoms with Gasteiger partial charge in [0.25, 0.3) is 15.9 Å². The number of carbonyl (C=O) groups is 1. The van der Waals surface area contributed by atoms with Crippen LogP contribution >= 0.6 is 35.0 Å². The third-order valence-corrected chi connectivity index (χ3v) is 9.74. The van der Waals surface area contributed by atoms with Crippen LogP contribution in [0.4, 0.5) is 10.1 Å². The number of hydrogen-bond acceptors (Lipinski definition) is 4. The summed E-state index contributed by atoms with van der Waals surface area (Å²) in [4.78, 5) is 14.6. The molecule has 0 bridgehead atoms. The molecule has 0 fully saturated rings. The zero-order valence-corrected chi connectivity index (χ0v) is 23.0. The van der Waals surface area contributed by atoms with Gasteiger partial charge in [-0.2, -0.15) is 0 Å². The lowest BCUT2D eigenvalue weighted by Gasteiger charge is -2.20. The lowest BCUT2D eigenvalue weighted by molar-refractivity contribution is 0.0947. The van der Waals surface area contributed by atoms with Crippen molar-refractivity contribution in [3.63, 3.8) is 0 Å². The largest absolute Gasteiger partial charge is 0.348 e. The second-order valence-electron chi connectivity index (χ2n) is 8.60. The average molecular weight is 588 g/mol. The van der Waals surface area contributed by atoms with Gasteiger partial charge in [-0.05, 0) is 78.2 Å². The molecule has 5 rings (SSSR count). The van der Waals surface area contributed by atoms with Crippen LogP contribution in [-0.2, 0) is 23.0 Å². The molecule has 1 aliphatic heterocycles. The zero-order chi connectivity index (χ0) is 26.9. The van der Waals surface area contributed by atoms with Crippen LogP contribution in [0.25, 0.3) is 0 Å². The fourth-order valence-corrected chi connectivity index (χ4v) is 6.95. The molecule has 0 aliphatic carbocycles. The lowest BCUT2D eigenvalue weighted by atomic mass is 10.2. The van der Waals surface area contributed by atoms with Gasteiger partial charge in [0.15, 0.2) is 0 Å². The predicted molar refractivity (Wildman–Crippen MR) is 149 cm³/mol. The molecular formula is C28H21Cl2FN2O3S2. The third kappa shape index (κ3) is 5.54. The van der Waals surface area contributed by atoms with Crippen molar-refractivity contribution in [1.29, 1.82) is 0 Å². The fraction of sp³-hybridized carbons (Fsp3) is 0.107. The molecule has 0 radical (unpaired) electrons. The van der Waals surface area contributed by atoms with Crippen molar-refractivity contribution in [3.8, 4) is 0 Å². The average Bonchev–Trinajstić information content (AvgIpc) is 3.36. The van der Waals surface area contributed by atoms with E-state index < -0.39 is 15.9 Å². The summed E-state index contributed by atoms with van der Waals surface area (Å²) >= 11 is 13.3. The monoisotopic (exact) mass is 586 g/mol. The maximum atomic E-state index is 13.6. The molecule has 5 nitrogen and oxygen atoms in total. The number of anilines is 1. The summed E-state index contributed by atoms with van der Waals surface area (Å²) in [6, 6.07) is 22.8. The number of sulfonamides is 1. The number of fused-ring (bicyclic) bond motifs is 1. The van der Waals surface area contributed by atoms with Gasteiger partial charge < -0.3 is 5.32 Å². The van der Waals surface area contributed by atoms with Crippen molar-refractivity contribution in [2.75, 3.05) is 10.8 Å². The molecule has 0 spiro atoms. The van der Waals surface area contributed by atoms with E-state index in [4.69, 9.17) is 23.2 Å². The second kappa shape index (κ2) is 11.0. The van der Waals surface area contributed by atoms with E-state index in [-0.39, 0.29) is 22.8 Å². The van der Waals surface area contributed by atoms with Gasteiger partial charge in [-0.25, -0.2) is 12.8 Å². The van der Waals surface area contributed by atoms with E-state index in [1.807, 2.05) is 12.1 Å². The van der Waals surface area contributed by atoms with Crippen LogP contribution in [0.2, 0.25) is 10.0 Å². The zero-order valence-electron chi connectivity index (χ0n) is 19.8. The molecule has 0 unspecified atom stereocenters. The number of amides is 1. The van der Waals surface area contributed by atoms with Crippen LogP contribution < -0.4 is 9.62 Å². The summed E-state index contributed by atoms with van der Waals surface area (Å²) in [5.41, 5.74) is 2.52. The van der Waals surface area contributed by atoms with Gasteiger partial charge in [0, 0.05) is 22.9 Å². The maximum absolute atomic E-state index is 13.6. The van der Waals surface area contributed by atoms with Gasteiger partial charge in [0.2, 0.25) is 0 Å². The molecule has 1 aliphatic rings. The second-order valence-corrected chi connectivity index (χ2v) is 12.4. The number of nitrogens with zero attached hydrogens (tertiary/aromatic N) is 1. The summed E-state index contributed by atoms with van der Waals surface area (Å²) < 4.78 is 42.1. The van der Waals surface area contributed by atoms with Crippen LogP contribution in [0.5, 0.6) is 0 Å². The number of para-hydroxylation sites is 1. The van der Waals surface area contributed by atoms with Crippen LogP contribution in [-0.4, -0.2) is 20.9 Å². The quantitative estimate of drug-likeness (QED) is 0.254. The van der Waals surface area contributed by atoms with Gasteiger partial charge >= 0.3 is 0 Å². The molecule has 4 aromatic rings. The molecule has 194 valence electrons. The topological polar surface area (TPSA) is 66.5 Å². The molecule has 0 atom stereocenters. The molecule has 4 aromatic carbocycles. The molecule has 1 N–H and O–H groups in total. The molecule has 0 saturated carbocycles. The highest BCUT2D eigenvalue weighted by atomic mass is 35.5. The van der Waals surface area contributed by atoms with E-state index in [1.165, 1.54) is 40.3 Å². The summed E-state index contributed by atoms with van der Waals surface area (Å²) in [5.74, 6) is -0.833. The van der Waals surface area contributed by atoms with Crippen molar-refractivity contribution in [2.24, 2.45) is 0 Å². The molecule has 1 heterocycles. The van der Waals surface area contributed by atoms with Crippen molar-refractivity contribution in [1.82, 2.24) is 5.32 Å². The first-order valence-electron chi connectivity index (χ1n) is 11.6. The summed E-state index contributed by atoms with van der Waals surface area (Å²) in [6.07, 6.45) is 0.616. The first-order valence-corrected chi connectivity index (χ1v) is 14.6. The summed E-state index contributed by atoms with van der Waals surface area (Å²) in [5, 5.41) is 3.61. The Morgan fingerprint density at radius 2 is 1.71 bits per heavy atom. The van der Waals surface area contributed by atoms with E-state index in [2.05, 4.69) is 5.32 Å². The first-order chi connectivity index (χ1) is 18.2. The number of rotatable bonds is 7.